The maximum atomic E-state index is 5.89. The number of nitrogens with two attached hydrogens (primary N) is 1. The summed E-state index contributed by atoms with van der Waals surface area (Å²) in [6.07, 6.45) is 0. The zero-order chi connectivity index (χ0) is 13.1. The Morgan fingerprint density at radius 3 is 2.44 bits per heavy atom. The summed E-state index contributed by atoms with van der Waals surface area (Å²) in [5, 5.41) is 1.57. The van der Waals surface area contributed by atoms with E-state index in [0.29, 0.717) is 33.1 Å². The van der Waals surface area contributed by atoms with Crippen molar-refractivity contribution in [3.05, 3.63) is 57.0 Å². The van der Waals surface area contributed by atoms with E-state index in [-0.39, 0.29) is 0 Å². The summed E-state index contributed by atoms with van der Waals surface area (Å²) in [6.45, 7) is 0.324. The Kier molecular flexibility index (Phi) is 4.23. The molecule has 18 heavy (non-hydrogen) atoms. The van der Waals surface area contributed by atoms with Gasteiger partial charge in [-0.15, -0.1) is 0 Å². The molecule has 0 aliphatic heterocycles. The van der Waals surface area contributed by atoms with E-state index in [1.54, 1.807) is 36.4 Å². The number of halogens is 3. The van der Waals surface area contributed by atoms with E-state index >= 15 is 0 Å². The van der Waals surface area contributed by atoms with Gasteiger partial charge < -0.3 is 10.5 Å². The van der Waals surface area contributed by atoms with Gasteiger partial charge in [-0.25, -0.2) is 0 Å². The third-order valence-electron chi connectivity index (χ3n) is 2.39. The van der Waals surface area contributed by atoms with E-state index in [4.69, 9.17) is 45.3 Å². The molecule has 0 heterocycles. The van der Waals surface area contributed by atoms with Gasteiger partial charge >= 0.3 is 0 Å². The fourth-order valence-electron chi connectivity index (χ4n) is 1.43. The predicted molar refractivity (Wildman–Crippen MR) is 76.7 cm³/mol. The van der Waals surface area contributed by atoms with Gasteiger partial charge in [0.2, 0.25) is 0 Å². The Balaban J connectivity index is 2.11. The van der Waals surface area contributed by atoms with Crippen LogP contribution in [-0.4, -0.2) is 0 Å². The largest absolute Gasteiger partial charge is 0.489 e. The maximum absolute atomic E-state index is 5.89. The van der Waals surface area contributed by atoms with Crippen LogP contribution in [0, 0.1) is 0 Å². The molecule has 0 spiro atoms. The average Bonchev–Trinajstić information content (AvgIpc) is 2.34. The first-order chi connectivity index (χ1) is 8.56. The molecular formula is C13H10Cl3NO. The third-order valence-corrected chi connectivity index (χ3v) is 3.36. The van der Waals surface area contributed by atoms with Gasteiger partial charge in [-0.2, -0.15) is 0 Å². The number of ether oxygens (including phenoxy) is 1. The first-order valence-electron chi connectivity index (χ1n) is 5.18. The highest BCUT2D eigenvalue weighted by Crippen LogP contribution is 2.27. The molecule has 0 bridgehead atoms. The van der Waals surface area contributed by atoms with Gasteiger partial charge in [0.15, 0.2) is 0 Å². The van der Waals surface area contributed by atoms with Crippen molar-refractivity contribution in [3.8, 4) is 5.75 Å². The lowest BCUT2D eigenvalue weighted by Crippen LogP contribution is -2.00. The highest BCUT2D eigenvalue weighted by Gasteiger charge is 2.04. The van der Waals surface area contributed by atoms with Crippen LogP contribution in [0.4, 0.5) is 5.69 Å². The number of anilines is 1. The molecule has 2 aromatic rings. The maximum Gasteiger partial charge on any atom is 0.121 e. The van der Waals surface area contributed by atoms with E-state index in [1.165, 1.54) is 0 Å². The van der Waals surface area contributed by atoms with Crippen LogP contribution in [0.15, 0.2) is 36.4 Å². The molecule has 0 unspecified atom stereocenters. The molecule has 0 saturated carbocycles. The van der Waals surface area contributed by atoms with Crippen molar-refractivity contribution in [2.45, 2.75) is 6.61 Å². The van der Waals surface area contributed by atoms with Gasteiger partial charge in [-0.1, -0.05) is 34.8 Å². The van der Waals surface area contributed by atoms with Gasteiger partial charge in [-0.3, -0.25) is 0 Å². The van der Waals surface area contributed by atoms with Crippen LogP contribution in [0.5, 0.6) is 5.75 Å². The molecule has 0 aliphatic carbocycles. The van der Waals surface area contributed by atoms with Crippen molar-refractivity contribution in [1.29, 1.82) is 0 Å². The number of hydrogen-bond acceptors (Lipinski definition) is 2. The second-order valence-electron chi connectivity index (χ2n) is 3.71. The van der Waals surface area contributed by atoms with E-state index in [2.05, 4.69) is 0 Å². The molecule has 0 fully saturated rings. The van der Waals surface area contributed by atoms with Crippen molar-refractivity contribution in [2.75, 3.05) is 5.73 Å². The van der Waals surface area contributed by atoms with Crippen molar-refractivity contribution in [2.24, 2.45) is 0 Å². The lowest BCUT2D eigenvalue weighted by Gasteiger charge is -2.09. The quantitative estimate of drug-likeness (QED) is 0.826. The summed E-state index contributed by atoms with van der Waals surface area (Å²) < 4.78 is 5.58. The highest BCUT2D eigenvalue weighted by atomic mass is 35.5. The van der Waals surface area contributed by atoms with Gasteiger partial charge in [0.1, 0.15) is 12.4 Å². The van der Waals surface area contributed by atoms with E-state index in [0.717, 1.165) is 5.56 Å². The first kappa shape index (κ1) is 13.3. The Labute approximate surface area is 120 Å². The van der Waals surface area contributed by atoms with Crippen LogP contribution < -0.4 is 10.5 Å². The topological polar surface area (TPSA) is 35.2 Å². The standard InChI is InChI=1S/C13H10Cl3NO/c14-9-1-4-13(17)8(5-9)7-18-10-2-3-11(15)12(16)6-10/h1-6H,7,17H2. The van der Waals surface area contributed by atoms with E-state index < -0.39 is 0 Å². The molecule has 5 heteroatoms. The summed E-state index contributed by atoms with van der Waals surface area (Å²) in [4.78, 5) is 0. The van der Waals surface area contributed by atoms with Crippen LogP contribution in [-0.2, 0) is 6.61 Å². The van der Waals surface area contributed by atoms with Crippen LogP contribution in [0.25, 0.3) is 0 Å². The summed E-state index contributed by atoms with van der Waals surface area (Å²) in [5.74, 6) is 0.628. The van der Waals surface area contributed by atoms with Crippen LogP contribution >= 0.6 is 34.8 Å². The minimum atomic E-state index is 0.324. The normalized spacial score (nSPS) is 10.4. The minimum Gasteiger partial charge on any atom is -0.489 e. The molecule has 2 N–H and O–H groups in total. The van der Waals surface area contributed by atoms with E-state index in [1.807, 2.05) is 0 Å². The fourth-order valence-corrected chi connectivity index (χ4v) is 1.91. The molecule has 0 aliphatic rings. The zero-order valence-electron chi connectivity index (χ0n) is 9.29. The Morgan fingerprint density at radius 2 is 1.72 bits per heavy atom. The molecule has 0 radical (unpaired) electrons. The molecule has 0 amide bonds. The summed E-state index contributed by atoms with van der Waals surface area (Å²) in [7, 11) is 0. The fraction of sp³-hybridized carbons (Fsp3) is 0.0769. The molecule has 2 rings (SSSR count). The lowest BCUT2D eigenvalue weighted by molar-refractivity contribution is 0.307. The number of hydrogen-bond donors (Lipinski definition) is 1. The summed E-state index contributed by atoms with van der Waals surface area (Å²) >= 11 is 17.6. The van der Waals surface area contributed by atoms with Crippen molar-refractivity contribution in [3.63, 3.8) is 0 Å². The highest BCUT2D eigenvalue weighted by molar-refractivity contribution is 6.42. The monoisotopic (exact) mass is 301 g/mol. The Morgan fingerprint density at radius 1 is 0.944 bits per heavy atom. The average molecular weight is 303 g/mol. The molecule has 0 atom stereocenters. The Hall–Kier alpha value is -1.09. The zero-order valence-corrected chi connectivity index (χ0v) is 11.6. The summed E-state index contributed by atoms with van der Waals surface area (Å²) in [6, 6.07) is 10.3. The smallest absolute Gasteiger partial charge is 0.121 e. The van der Waals surface area contributed by atoms with E-state index in [9.17, 15) is 0 Å². The summed E-state index contributed by atoms with van der Waals surface area (Å²) in [5.41, 5.74) is 7.29. The number of nitrogen functional groups attached to an aromatic ring is 1. The number of rotatable bonds is 3. The van der Waals surface area contributed by atoms with Gasteiger partial charge in [-0.05, 0) is 30.3 Å². The number of benzene rings is 2. The lowest BCUT2D eigenvalue weighted by atomic mass is 10.2. The third kappa shape index (κ3) is 3.22. The van der Waals surface area contributed by atoms with Gasteiger partial charge in [0.05, 0.1) is 10.0 Å². The van der Waals surface area contributed by atoms with Crippen molar-refractivity contribution in [1.82, 2.24) is 0 Å². The molecule has 94 valence electrons. The second kappa shape index (κ2) is 5.70. The molecule has 2 aromatic carbocycles. The minimum absolute atomic E-state index is 0.324. The predicted octanol–water partition coefficient (Wildman–Crippen LogP) is 4.81. The van der Waals surface area contributed by atoms with Gasteiger partial charge in [0, 0.05) is 22.3 Å². The molecule has 2 nitrogen and oxygen atoms in total. The molecule has 0 saturated heterocycles. The van der Waals surface area contributed by atoms with Crippen LogP contribution in [0.1, 0.15) is 5.56 Å². The van der Waals surface area contributed by atoms with Gasteiger partial charge in [0.25, 0.3) is 0 Å². The first-order valence-corrected chi connectivity index (χ1v) is 6.31. The Bertz CT molecular complexity index is 572. The van der Waals surface area contributed by atoms with Crippen LogP contribution in [0.3, 0.4) is 0 Å². The van der Waals surface area contributed by atoms with Crippen molar-refractivity contribution >= 4 is 40.5 Å². The van der Waals surface area contributed by atoms with Crippen molar-refractivity contribution < 1.29 is 4.74 Å². The SMILES string of the molecule is Nc1ccc(Cl)cc1COc1ccc(Cl)c(Cl)c1. The second-order valence-corrected chi connectivity index (χ2v) is 4.96. The molecular weight excluding hydrogens is 293 g/mol. The molecule has 0 aromatic heterocycles. The van der Waals surface area contributed by atoms with Crippen LogP contribution in [0.2, 0.25) is 15.1 Å².